The number of rotatable bonds is 4. The maximum Gasteiger partial charge on any atom is 0.472 e. The van der Waals surface area contributed by atoms with Gasteiger partial charge in [-0.3, -0.25) is 18.4 Å². The summed E-state index contributed by atoms with van der Waals surface area (Å²) >= 11 is 5.34. The molecule has 1 unspecified atom stereocenters. The van der Waals surface area contributed by atoms with Crippen LogP contribution in [-0.4, -0.2) is 60.3 Å². The van der Waals surface area contributed by atoms with Crippen molar-refractivity contribution in [3.63, 3.8) is 0 Å². The third-order valence-corrected chi connectivity index (χ3v) is 5.75. The van der Waals surface area contributed by atoms with Crippen LogP contribution >= 0.6 is 20.0 Å². The number of aliphatic hydroxyl groups excluding tert-OH is 1. The fraction of sp³-hybridized carbons (Fsp3) is 0.571. The van der Waals surface area contributed by atoms with Gasteiger partial charge in [-0.15, -0.1) is 0 Å². The van der Waals surface area contributed by atoms with Crippen molar-refractivity contribution in [3.05, 3.63) is 11.1 Å². The number of fused-ring (bicyclic) bond motifs is 2. The molecule has 12 nitrogen and oxygen atoms in total. The minimum atomic E-state index is -4.24. The number of amides is 1. The van der Waals surface area contributed by atoms with E-state index in [2.05, 4.69) is 20.3 Å². The number of H-pyrrole nitrogens is 1. The van der Waals surface area contributed by atoms with Crippen LogP contribution in [0.15, 0.2) is 6.33 Å². The maximum absolute atomic E-state index is 11.9. The Labute approximate surface area is 163 Å². The first-order chi connectivity index (χ1) is 13.3. The molecular formula is C14H18N5O7PS. The van der Waals surface area contributed by atoms with Crippen LogP contribution in [0.3, 0.4) is 0 Å². The van der Waals surface area contributed by atoms with Gasteiger partial charge in [0.2, 0.25) is 5.91 Å². The van der Waals surface area contributed by atoms with Crippen molar-refractivity contribution in [2.45, 2.75) is 44.3 Å². The van der Waals surface area contributed by atoms with Gasteiger partial charge in [0.25, 0.3) is 0 Å². The molecule has 0 radical (unpaired) electrons. The monoisotopic (exact) mass is 431 g/mol. The van der Waals surface area contributed by atoms with Gasteiger partial charge in [-0.1, -0.05) is 6.92 Å². The first kappa shape index (κ1) is 19.6. The van der Waals surface area contributed by atoms with Crippen molar-refractivity contribution in [3.8, 4) is 0 Å². The van der Waals surface area contributed by atoms with Crippen LogP contribution in [0.4, 0.5) is 5.82 Å². The van der Waals surface area contributed by atoms with Gasteiger partial charge in [-0.05, 0) is 18.6 Å². The summed E-state index contributed by atoms with van der Waals surface area (Å²) in [5.74, 6) is 0.0413. The Morgan fingerprint density at radius 1 is 1.54 bits per heavy atom. The average Bonchev–Trinajstić information content (AvgIpc) is 3.12. The Hall–Kier alpha value is -1.73. The lowest BCUT2D eigenvalue weighted by Gasteiger charge is -2.27. The molecular weight excluding hydrogens is 413 g/mol. The van der Waals surface area contributed by atoms with Crippen LogP contribution in [0.2, 0.25) is 0 Å². The molecule has 0 aromatic carbocycles. The Kier molecular flexibility index (Phi) is 5.08. The molecule has 0 saturated carbocycles. The zero-order valence-electron chi connectivity index (χ0n) is 14.6. The summed E-state index contributed by atoms with van der Waals surface area (Å²) in [5.41, 5.74) is 0.662. The van der Waals surface area contributed by atoms with Gasteiger partial charge in [-0.2, -0.15) is 0 Å². The normalized spacial score (nSPS) is 32.4. The van der Waals surface area contributed by atoms with Crippen molar-refractivity contribution in [2.75, 3.05) is 11.9 Å². The van der Waals surface area contributed by atoms with Gasteiger partial charge in [-0.25, -0.2) is 14.5 Å². The predicted octanol–water partition coefficient (Wildman–Crippen LogP) is 1.00. The van der Waals surface area contributed by atoms with E-state index in [9.17, 15) is 19.4 Å². The molecule has 1 amide bonds. The molecule has 2 saturated heterocycles. The van der Waals surface area contributed by atoms with Crippen molar-refractivity contribution in [1.82, 2.24) is 19.5 Å². The van der Waals surface area contributed by atoms with Crippen molar-refractivity contribution in [1.29, 1.82) is 0 Å². The zero-order valence-corrected chi connectivity index (χ0v) is 16.4. The number of imidazole rings is 1. The number of hydrogen-bond donors (Lipinski definition) is 4. The Morgan fingerprint density at radius 2 is 2.32 bits per heavy atom. The number of aromatic nitrogens is 4. The molecule has 14 heteroatoms. The number of phosphoric ester groups is 1. The van der Waals surface area contributed by atoms with Gasteiger partial charge in [0.1, 0.15) is 30.2 Å². The highest BCUT2D eigenvalue weighted by Crippen LogP contribution is 2.52. The standard InChI is InChI=1S/C14H18N5O7PS/c1-2-3-7(20)17-11-8-12(16-5-15-11)19(14(28)18-8)13-9(21)10-6(25-13)4-24-27(22,23)26-10/h5-6,9-10,13,21H,2-4H2,1H3,(H,18,28)(H,22,23)(H,15,16,17,20)/t6-,9-,10-,13-/m1/s1. The molecule has 4 N–H and O–H groups in total. The highest BCUT2D eigenvalue weighted by molar-refractivity contribution is 7.71. The van der Waals surface area contributed by atoms with E-state index < -0.39 is 32.4 Å². The van der Waals surface area contributed by atoms with Gasteiger partial charge in [0, 0.05) is 6.42 Å². The fourth-order valence-electron chi connectivity index (χ4n) is 3.24. The van der Waals surface area contributed by atoms with Gasteiger partial charge in [0.05, 0.1) is 6.61 Å². The first-order valence-electron chi connectivity index (χ1n) is 8.55. The summed E-state index contributed by atoms with van der Waals surface area (Å²) in [5, 5.41) is 13.3. The summed E-state index contributed by atoms with van der Waals surface area (Å²) in [6, 6.07) is 0. The van der Waals surface area contributed by atoms with E-state index in [0.29, 0.717) is 24.0 Å². The fourth-order valence-corrected chi connectivity index (χ4v) is 4.50. The summed E-state index contributed by atoms with van der Waals surface area (Å²) in [7, 11) is -4.24. The minimum absolute atomic E-state index is 0.164. The highest BCUT2D eigenvalue weighted by Gasteiger charge is 2.52. The maximum atomic E-state index is 11.9. The number of aliphatic hydroxyl groups is 1. The van der Waals surface area contributed by atoms with Crippen LogP contribution in [0.25, 0.3) is 11.2 Å². The predicted molar refractivity (Wildman–Crippen MR) is 96.8 cm³/mol. The smallest absolute Gasteiger partial charge is 0.386 e. The highest BCUT2D eigenvalue weighted by atomic mass is 32.1. The average molecular weight is 431 g/mol. The lowest BCUT2D eigenvalue weighted by atomic mass is 10.1. The second-order valence-electron chi connectivity index (χ2n) is 6.41. The Balaban J connectivity index is 1.70. The van der Waals surface area contributed by atoms with Crippen LogP contribution in [0, 0.1) is 4.77 Å². The molecule has 2 aliphatic heterocycles. The van der Waals surface area contributed by atoms with Crippen LogP contribution in [0.1, 0.15) is 26.0 Å². The number of carbonyl (C=O) groups excluding carboxylic acids is 1. The number of anilines is 1. The summed E-state index contributed by atoms with van der Waals surface area (Å²) in [6.07, 6.45) is -1.89. The Bertz CT molecular complexity index is 1030. The molecule has 0 spiro atoms. The third kappa shape index (κ3) is 3.39. The number of phosphoric acid groups is 1. The molecule has 2 aliphatic rings. The molecule has 2 fully saturated rings. The van der Waals surface area contributed by atoms with Crippen molar-refractivity contribution in [2.24, 2.45) is 0 Å². The van der Waals surface area contributed by atoms with E-state index in [-0.39, 0.29) is 23.1 Å². The number of aromatic amines is 1. The van der Waals surface area contributed by atoms with Crippen LogP contribution < -0.4 is 5.32 Å². The van der Waals surface area contributed by atoms with E-state index in [0.717, 1.165) is 0 Å². The van der Waals surface area contributed by atoms with Gasteiger partial charge < -0.3 is 25.0 Å². The minimum Gasteiger partial charge on any atom is -0.386 e. The van der Waals surface area contributed by atoms with E-state index in [1.165, 1.54) is 10.9 Å². The molecule has 2 aromatic rings. The molecule has 4 rings (SSSR count). The largest absolute Gasteiger partial charge is 0.472 e. The quantitative estimate of drug-likeness (QED) is 0.406. The zero-order chi connectivity index (χ0) is 20.1. The summed E-state index contributed by atoms with van der Waals surface area (Å²) in [4.78, 5) is 32.6. The molecule has 152 valence electrons. The molecule has 2 aromatic heterocycles. The molecule has 4 heterocycles. The van der Waals surface area contributed by atoms with E-state index in [1.807, 2.05) is 6.92 Å². The Morgan fingerprint density at radius 3 is 3.07 bits per heavy atom. The van der Waals surface area contributed by atoms with E-state index in [4.69, 9.17) is 26.0 Å². The van der Waals surface area contributed by atoms with Crippen molar-refractivity contribution >= 4 is 42.9 Å². The number of nitrogens with zero attached hydrogens (tertiary/aromatic N) is 3. The lowest BCUT2D eigenvalue weighted by Crippen LogP contribution is -2.39. The van der Waals surface area contributed by atoms with Gasteiger partial charge in [0.15, 0.2) is 22.5 Å². The van der Waals surface area contributed by atoms with Crippen LogP contribution in [0.5, 0.6) is 0 Å². The van der Waals surface area contributed by atoms with Gasteiger partial charge >= 0.3 is 7.82 Å². The lowest BCUT2D eigenvalue weighted by molar-refractivity contribution is -0.116. The summed E-state index contributed by atoms with van der Waals surface area (Å²) < 4.78 is 28.7. The number of carbonyl (C=O) groups is 1. The second-order valence-corrected chi connectivity index (χ2v) is 8.20. The summed E-state index contributed by atoms with van der Waals surface area (Å²) in [6.45, 7) is 1.67. The molecule has 28 heavy (non-hydrogen) atoms. The molecule has 0 aliphatic carbocycles. The van der Waals surface area contributed by atoms with Crippen LogP contribution in [-0.2, 0) is 23.1 Å². The number of nitrogens with one attached hydrogen (secondary N) is 2. The SMILES string of the molecule is CCCC(=O)Nc1ncnc2c1[nH]c(=S)n2[C@@H]1O[C@@H]2COP(=O)(O)O[C@H]2[C@H]1O. The first-order valence-corrected chi connectivity index (χ1v) is 10.5. The number of hydrogen-bond acceptors (Lipinski definition) is 9. The van der Waals surface area contributed by atoms with Crippen molar-refractivity contribution < 1.29 is 33.1 Å². The molecule has 5 atom stereocenters. The van der Waals surface area contributed by atoms with E-state index in [1.54, 1.807) is 0 Å². The second kappa shape index (κ2) is 7.26. The number of ether oxygens (including phenoxy) is 1. The topological polar surface area (TPSA) is 161 Å². The third-order valence-electron chi connectivity index (χ3n) is 4.46. The molecule has 0 bridgehead atoms. The van der Waals surface area contributed by atoms with E-state index >= 15 is 0 Å².